The number of para-hydroxylation sites is 1. The lowest BCUT2D eigenvalue weighted by molar-refractivity contribution is -0.385. The molecule has 0 radical (unpaired) electrons. The van der Waals surface area contributed by atoms with E-state index < -0.39 is 45.0 Å². The highest BCUT2D eigenvalue weighted by molar-refractivity contribution is 7.89. The van der Waals surface area contributed by atoms with Gasteiger partial charge in [0, 0.05) is 49.6 Å². The highest BCUT2D eigenvalue weighted by Gasteiger charge is 2.43. The lowest BCUT2D eigenvalue weighted by atomic mass is 9.86. The number of nitro benzene ring substituents is 1. The van der Waals surface area contributed by atoms with Crippen LogP contribution in [-0.2, 0) is 19.6 Å². The molecule has 2 aromatic carbocycles. The number of ether oxygens (including phenoxy) is 1. The van der Waals surface area contributed by atoms with Gasteiger partial charge >= 0.3 is 12.0 Å². The maximum Gasteiger partial charge on any atom is 0.344 e. The topological polar surface area (TPSA) is 152 Å². The van der Waals surface area contributed by atoms with E-state index in [2.05, 4.69) is 9.98 Å². The third-order valence-corrected chi connectivity index (χ3v) is 8.69. The van der Waals surface area contributed by atoms with Gasteiger partial charge < -0.3 is 9.64 Å². The number of esters is 1. The first-order valence-corrected chi connectivity index (χ1v) is 14.5. The van der Waals surface area contributed by atoms with Crippen LogP contribution in [-0.4, -0.2) is 71.5 Å². The Bertz CT molecular complexity index is 1620. The van der Waals surface area contributed by atoms with Crippen molar-refractivity contribution < 1.29 is 27.7 Å². The van der Waals surface area contributed by atoms with Crippen molar-refractivity contribution in [2.24, 2.45) is 10.9 Å². The van der Waals surface area contributed by atoms with Gasteiger partial charge in [0.05, 0.1) is 22.6 Å². The molecular formula is C28H31N5O7S. The Labute approximate surface area is 237 Å². The minimum atomic E-state index is -3.92. The second-order valence-electron chi connectivity index (χ2n) is 10.0. The standard InChI is InChI=1S/C28H31N5O7S/c1-18(2)40-27(34)24-19(3)30-28(35)32(26(24)21-10-5-12-22(17-21)33(36)37)16-8-15-31(4)41(38,39)23-13-6-9-20-11-7-14-29-25(20)23/h5-7,9-14,17-18,24,26H,8,15-16H2,1-4H3. The molecule has 0 N–H and O–H groups in total. The van der Waals surface area contributed by atoms with E-state index in [4.69, 9.17) is 4.74 Å². The number of benzene rings is 2. The van der Waals surface area contributed by atoms with Gasteiger partial charge in [-0.25, -0.2) is 22.5 Å². The van der Waals surface area contributed by atoms with Gasteiger partial charge in [-0.3, -0.25) is 19.9 Å². The smallest absolute Gasteiger partial charge is 0.344 e. The van der Waals surface area contributed by atoms with E-state index in [1.165, 1.54) is 46.7 Å². The van der Waals surface area contributed by atoms with E-state index in [1.807, 2.05) is 0 Å². The summed E-state index contributed by atoms with van der Waals surface area (Å²) in [5, 5.41) is 12.2. The Morgan fingerprint density at radius 2 is 1.88 bits per heavy atom. The highest BCUT2D eigenvalue weighted by atomic mass is 32.2. The molecule has 1 aliphatic rings. The predicted molar refractivity (Wildman–Crippen MR) is 152 cm³/mol. The van der Waals surface area contributed by atoms with Gasteiger partial charge in [0.2, 0.25) is 10.0 Å². The fraction of sp³-hybridized carbons (Fsp3) is 0.357. The predicted octanol–water partition coefficient (Wildman–Crippen LogP) is 4.36. The number of carbonyl (C=O) groups is 2. The summed E-state index contributed by atoms with van der Waals surface area (Å²) >= 11 is 0. The minimum Gasteiger partial charge on any atom is -0.462 e. The van der Waals surface area contributed by atoms with Gasteiger partial charge in [-0.15, -0.1) is 0 Å². The molecule has 0 aliphatic carbocycles. The van der Waals surface area contributed by atoms with Crippen molar-refractivity contribution in [3.63, 3.8) is 0 Å². The van der Waals surface area contributed by atoms with Crippen LogP contribution in [0.1, 0.15) is 38.8 Å². The van der Waals surface area contributed by atoms with Crippen LogP contribution in [0.3, 0.4) is 0 Å². The van der Waals surface area contributed by atoms with E-state index in [-0.39, 0.29) is 35.8 Å². The van der Waals surface area contributed by atoms with Gasteiger partial charge in [0.15, 0.2) is 0 Å². The summed E-state index contributed by atoms with van der Waals surface area (Å²) in [4.78, 5) is 47.0. The molecule has 4 rings (SSSR count). The number of fused-ring (bicyclic) bond motifs is 1. The van der Waals surface area contributed by atoms with Crippen LogP contribution in [0.5, 0.6) is 0 Å². The van der Waals surface area contributed by atoms with Crippen LogP contribution >= 0.6 is 0 Å². The first-order chi connectivity index (χ1) is 19.4. The van der Waals surface area contributed by atoms with Crippen molar-refractivity contribution in [1.29, 1.82) is 0 Å². The van der Waals surface area contributed by atoms with E-state index in [1.54, 1.807) is 51.1 Å². The zero-order valence-electron chi connectivity index (χ0n) is 23.1. The molecule has 2 heterocycles. The summed E-state index contributed by atoms with van der Waals surface area (Å²) in [5.41, 5.74) is 0.766. The van der Waals surface area contributed by atoms with Crippen molar-refractivity contribution in [2.45, 2.75) is 44.2 Å². The van der Waals surface area contributed by atoms with Crippen molar-refractivity contribution in [1.82, 2.24) is 14.2 Å². The zero-order chi connectivity index (χ0) is 29.9. The number of nitrogens with zero attached hydrogens (tertiary/aromatic N) is 5. The Morgan fingerprint density at radius 1 is 1.17 bits per heavy atom. The number of non-ortho nitro benzene ring substituents is 1. The molecular weight excluding hydrogens is 550 g/mol. The third kappa shape index (κ3) is 6.25. The molecule has 13 heteroatoms. The minimum absolute atomic E-state index is 0.0298. The summed E-state index contributed by atoms with van der Waals surface area (Å²) in [7, 11) is -2.48. The molecule has 0 bridgehead atoms. The van der Waals surface area contributed by atoms with Crippen molar-refractivity contribution in [3.05, 3.63) is 76.5 Å². The fourth-order valence-corrected chi connectivity index (χ4v) is 6.25. The first-order valence-electron chi connectivity index (χ1n) is 13.0. The number of sulfonamides is 1. The molecule has 1 aliphatic heterocycles. The monoisotopic (exact) mass is 581 g/mol. The molecule has 0 saturated carbocycles. The number of hydrogen-bond acceptors (Lipinski definition) is 8. The van der Waals surface area contributed by atoms with Crippen molar-refractivity contribution >= 4 is 44.3 Å². The average Bonchev–Trinajstić information content (AvgIpc) is 2.92. The number of carbonyl (C=O) groups excluding carboxylic acids is 2. The maximum absolute atomic E-state index is 13.4. The zero-order valence-corrected chi connectivity index (χ0v) is 23.9. The second kappa shape index (κ2) is 12.1. The second-order valence-corrected chi connectivity index (χ2v) is 12.0. The van der Waals surface area contributed by atoms with E-state index in [0.29, 0.717) is 16.5 Å². The Hall–Kier alpha value is -4.23. The molecule has 3 aromatic rings. The molecule has 41 heavy (non-hydrogen) atoms. The molecule has 2 unspecified atom stereocenters. The van der Waals surface area contributed by atoms with E-state index in [9.17, 15) is 28.1 Å². The number of pyridine rings is 1. The van der Waals surface area contributed by atoms with Gasteiger partial charge in [-0.05, 0) is 44.9 Å². The van der Waals surface area contributed by atoms with Crippen LogP contribution in [0.2, 0.25) is 0 Å². The summed E-state index contributed by atoms with van der Waals surface area (Å²) in [6.07, 6.45) is 1.29. The molecule has 1 aromatic heterocycles. The quantitative estimate of drug-likeness (QED) is 0.195. The Balaban J connectivity index is 1.62. The number of aromatic nitrogens is 1. The number of nitro groups is 1. The molecule has 0 spiro atoms. The van der Waals surface area contributed by atoms with Gasteiger partial charge in [0.1, 0.15) is 10.8 Å². The van der Waals surface area contributed by atoms with Gasteiger partial charge in [-0.1, -0.05) is 30.3 Å². The number of hydrogen-bond donors (Lipinski definition) is 0. The van der Waals surface area contributed by atoms with E-state index in [0.717, 1.165) is 0 Å². The van der Waals surface area contributed by atoms with E-state index >= 15 is 0 Å². The molecule has 2 amide bonds. The van der Waals surface area contributed by atoms with Crippen LogP contribution in [0.4, 0.5) is 10.5 Å². The lowest BCUT2D eigenvalue weighted by Crippen LogP contribution is -2.48. The summed E-state index contributed by atoms with van der Waals surface area (Å²) in [5.74, 6) is -1.61. The molecule has 216 valence electrons. The lowest BCUT2D eigenvalue weighted by Gasteiger charge is -2.39. The third-order valence-electron chi connectivity index (χ3n) is 6.80. The number of aliphatic imine (C=N–C) groups is 1. The summed E-state index contributed by atoms with van der Waals surface area (Å²) < 4.78 is 33.5. The van der Waals surface area contributed by atoms with Crippen LogP contribution < -0.4 is 0 Å². The van der Waals surface area contributed by atoms with Crippen molar-refractivity contribution in [3.8, 4) is 0 Å². The maximum atomic E-state index is 13.4. The Morgan fingerprint density at radius 3 is 2.59 bits per heavy atom. The molecule has 12 nitrogen and oxygen atoms in total. The first kappa shape index (κ1) is 29.7. The normalized spacial score (nSPS) is 17.7. The number of rotatable bonds is 10. The van der Waals surface area contributed by atoms with Crippen LogP contribution in [0.25, 0.3) is 10.9 Å². The average molecular weight is 582 g/mol. The van der Waals surface area contributed by atoms with Crippen molar-refractivity contribution in [2.75, 3.05) is 20.1 Å². The number of urea groups is 1. The van der Waals surface area contributed by atoms with Crippen LogP contribution in [0, 0.1) is 16.0 Å². The fourth-order valence-electron chi connectivity index (χ4n) is 4.88. The largest absolute Gasteiger partial charge is 0.462 e. The Kier molecular flexibility index (Phi) is 8.78. The highest BCUT2D eigenvalue weighted by Crippen LogP contribution is 2.36. The molecule has 2 atom stereocenters. The molecule has 0 saturated heterocycles. The summed E-state index contributed by atoms with van der Waals surface area (Å²) in [6.45, 7) is 5.01. The SMILES string of the molecule is CC1=NC(=O)N(CCCN(C)S(=O)(=O)c2cccc3cccnc23)C(c2cccc([N+](=O)[O-])c2)C1C(=O)OC(C)C. The van der Waals surface area contributed by atoms with Crippen LogP contribution in [0.15, 0.2) is 70.7 Å². The van der Waals surface area contributed by atoms with Gasteiger partial charge in [-0.2, -0.15) is 0 Å². The number of amides is 2. The van der Waals surface area contributed by atoms with Gasteiger partial charge in [0.25, 0.3) is 5.69 Å². The molecule has 0 fully saturated rings. The summed E-state index contributed by atoms with van der Waals surface area (Å²) in [6, 6.07) is 12.6.